The number of carbonyl (C=O) groups is 1. The van der Waals surface area contributed by atoms with Crippen LogP contribution < -0.4 is 15.4 Å². The van der Waals surface area contributed by atoms with E-state index in [1.165, 1.54) is 24.4 Å². The van der Waals surface area contributed by atoms with E-state index in [9.17, 15) is 9.18 Å². The quantitative estimate of drug-likeness (QED) is 0.671. The molecule has 0 fully saturated rings. The number of hydrogen-bond acceptors (Lipinski definition) is 4. The van der Waals surface area contributed by atoms with Crippen LogP contribution in [0.4, 0.5) is 21.5 Å². The second kappa shape index (κ2) is 7.84. The predicted molar refractivity (Wildman–Crippen MR) is 99.9 cm³/mol. The summed E-state index contributed by atoms with van der Waals surface area (Å²) in [7, 11) is 1.55. The first-order chi connectivity index (χ1) is 12.5. The molecule has 5 nitrogen and oxygen atoms in total. The van der Waals surface area contributed by atoms with E-state index in [1.54, 1.807) is 43.6 Å². The van der Waals surface area contributed by atoms with Gasteiger partial charge in [-0.2, -0.15) is 0 Å². The molecule has 3 aromatic rings. The van der Waals surface area contributed by atoms with Crippen LogP contribution in [0.1, 0.15) is 10.4 Å². The zero-order chi connectivity index (χ0) is 18.5. The standard InChI is InChI=1S/C19H15ClFN3O2/c1-26-18-6-5-13(20)8-17(18)23-16-7-12(10-22-11-16)19(25)24-15-4-2-3-14(21)9-15/h2-11,23H,1H3,(H,24,25). The molecule has 1 amide bonds. The zero-order valence-corrected chi connectivity index (χ0v) is 14.5. The van der Waals surface area contributed by atoms with Gasteiger partial charge < -0.3 is 15.4 Å². The summed E-state index contributed by atoms with van der Waals surface area (Å²) in [4.78, 5) is 16.4. The predicted octanol–water partition coefficient (Wildman–Crippen LogP) is 4.88. The Kier molecular flexibility index (Phi) is 5.34. The second-order valence-corrected chi connectivity index (χ2v) is 5.83. The lowest BCUT2D eigenvalue weighted by Gasteiger charge is -2.12. The van der Waals surface area contributed by atoms with Crippen molar-refractivity contribution in [2.45, 2.75) is 0 Å². The molecule has 1 aromatic heterocycles. The number of carbonyl (C=O) groups excluding carboxylic acids is 1. The molecule has 2 N–H and O–H groups in total. The molecular formula is C19H15ClFN3O2. The van der Waals surface area contributed by atoms with Crippen molar-refractivity contribution in [3.63, 3.8) is 0 Å². The van der Waals surface area contributed by atoms with Crippen molar-refractivity contribution in [3.05, 3.63) is 77.3 Å². The third kappa shape index (κ3) is 4.29. The maximum atomic E-state index is 13.2. The number of hydrogen-bond donors (Lipinski definition) is 2. The summed E-state index contributed by atoms with van der Waals surface area (Å²) in [6.07, 6.45) is 2.99. The molecule has 0 bridgehead atoms. The first-order valence-corrected chi connectivity index (χ1v) is 8.05. The van der Waals surface area contributed by atoms with Crippen LogP contribution in [0.5, 0.6) is 5.75 Å². The van der Waals surface area contributed by atoms with Crippen molar-refractivity contribution in [1.29, 1.82) is 0 Å². The molecule has 0 unspecified atom stereocenters. The van der Waals surface area contributed by atoms with E-state index in [4.69, 9.17) is 16.3 Å². The Labute approximate surface area is 154 Å². The van der Waals surface area contributed by atoms with Gasteiger partial charge in [0.05, 0.1) is 30.2 Å². The van der Waals surface area contributed by atoms with E-state index in [1.807, 2.05) is 0 Å². The van der Waals surface area contributed by atoms with Crippen LogP contribution in [0.2, 0.25) is 5.02 Å². The summed E-state index contributed by atoms with van der Waals surface area (Å²) in [6.45, 7) is 0. The number of ether oxygens (including phenoxy) is 1. The lowest BCUT2D eigenvalue weighted by atomic mass is 10.2. The summed E-state index contributed by atoms with van der Waals surface area (Å²) in [5, 5.41) is 6.29. The third-order valence-electron chi connectivity index (χ3n) is 3.52. The molecule has 0 saturated heterocycles. The van der Waals surface area contributed by atoms with E-state index < -0.39 is 11.7 Å². The van der Waals surface area contributed by atoms with Crippen molar-refractivity contribution < 1.29 is 13.9 Å². The van der Waals surface area contributed by atoms with Crippen molar-refractivity contribution in [3.8, 4) is 5.75 Å². The van der Waals surface area contributed by atoms with Gasteiger partial charge in [0.2, 0.25) is 0 Å². The molecule has 0 aliphatic carbocycles. The second-order valence-electron chi connectivity index (χ2n) is 5.40. The average Bonchev–Trinajstić information content (AvgIpc) is 2.62. The van der Waals surface area contributed by atoms with Gasteiger partial charge in [-0.25, -0.2) is 4.39 Å². The third-order valence-corrected chi connectivity index (χ3v) is 3.76. The van der Waals surface area contributed by atoms with Gasteiger partial charge in [-0.1, -0.05) is 17.7 Å². The largest absolute Gasteiger partial charge is 0.495 e. The number of nitrogens with one attached hydrogen (secondary N) is 2. The van der Waals surface area contributed by atoms with Gasteiger partial charge in [0.1, 0.15) is 11.6 Å². The molecular weight excluding hydrogens is 357 g/mol. The van der Waals surface area contributed by atoms with Crippen molar-refractivity contribution in [2.24, 2.45) is 0 Å². The lowest BCUT2D eigenvalue weighted by Crippen LogP contribution is -2.12. The fraction of sp³-hybridized carbons (Fsp3) is 0.0526. The smallest absolute Gasteiger partial charge is 0.257 e. The molecule has 2 aromatic carbocycles. The van der Waals surface area contributed by atoms with Gasteiger partial charge >= 0.3 is 0 Å². The Morgan fingerprint density at radius 3 is 2.73 bits per heavy atom. The zero-order valence-electron chi connectivity index (χ0n) is 13.8. The number of pyridine rings is 1. The van der Waals surface area contributed by atoms with Gasteiger partial charge in [0.15, 0.2) is 0 Å². The number of amides is 1. The summed E-state index contributed by atoms with van der Waals surface area (Å²) in [5.41, 5.74) is 1.91. The average molecular weight is 372 g/mol. The topological polar surface area (TPSA) is 63.2 Å². The highest BCUT2D eigenvalue weighted by Crippen LogP contribution is 2.30. The molecule has 7 heteroatoms. The fourth-order valence-electron chi connectivity index (χ4n) is 2.34. The van der Waals surface area contributed by atoms with Crippen LogP contribution in [0.25, 0.3) is 0 Å². The minimum absolute atomic E-state index is 0.320. The van der Waals surface area contributed by atoms with E-state index in [0.717, 1.165) is 0 Å². The highest BCUT2D eigenvalue weighted by atomic mass is 35.5. The van der Waals surface area contributed by atoms with Crippen molar-refractivity contribution in [1.82, 2.24) is 4.98 Å². The Morgan fingerprint density at radius 1 is 1.12 bits per heavy atom. The molecule has 1 heterocycles. The van der Waals surface area contributed by atoms with Crippen LogP contribution in [0, 0.1) is 5.82 Å². The Morgan fingerprint density at radius 2 is 1.96 bits per heavy atom. The van der Waals surface area contributed by atoms with E-state index >= 15 is 0 Å². The molecule has 0 radical (unpaired) electrons. The van der Waals surface area contributed by atoms with E-state index in [-0.39, 0.29) is 0 Å². The van der Waals surface area contributed by atoms with Crippen LogP contribution in [-0.4, -0.2) is 18.0 Å². The Hall–Kier alpha value is -3.12. The summed E-state index contributed by atoms with van der Waals surface area (Å²) in [5.74, 6) is -0.224. The number of nitrogens with zero attached hydrogens (tertiary/aromatic N) is 1. The highest BCUT2D eigenvalue weighted by molar-refractivity contribution is 6.31. The van der Waals surface area contributed by atoms with E-state index in [0.29, 0.717) is 33.4 Å². The number of aromatic nitrogens is 1. The number of anilines is 3. The van der Waals surface area contributed by atoms with Crippen LogP contribution in [-0.2, 0) is 0 Å². The van der Waals surface area contributed by atoms with Crippen LogP contribution >= 0.6 is 11.6 Å². The summed E-state index contributed by atoms with van der Waals surface area (Å²) >= 11 is 6.02. The minimum atomic E-state index is -0.426. The lowest BCUT2D eigenvalue weighted by molar-refractivity contribution is 0.102. The molecule has 3 rings (SSSR count). The van der Waals surface area contributed by atoms with Crippen LogP contribution in [0.3, 0.4) is 0 Å². The number of methoxy groups -OCH3 is 1. The number of benzene rings is 2. The maximum Gasteiger partial charge on any atom is 0.257 e. The molecule has 26 heavy (non-hydrogen) atoms. The molecule has 0 saturated carbocycles. The minimum Gasteiger partial charge on any atom is -0.495 e. The summed E-state index contributed by atoms with van der Waals surface area (Å²) in [6, 6.07) is 12.5. The highest BCUT2D eigenvalue weighted by Gasteiger charge is 2.10. The van der Waals surface area contributed by atoms with E-state index in [2.05, 4.69) is 15.6 Å². The van der Waals surface area contributed by atoms with Gasteiger partial charge in [0.25, 0.3) is 5.91 Å². The summed E-state index contributed by atoms with van der Waals surface area (Å²) < 4.78 is 18.5. The maximum absolute atomic E-state index is 13.2. The monoisotopic (exact) mass is 371 g/mol. The SMILES string of the molecule is COc1ccc(Cl)cc1Nc1cncc(C(=O)Nc2cccc(F)c2)c1. The van der Waals surface area contributed by atoms with Crippen LogP contribution in [0.15, 0.2) is 60.9 Å². The molecule has 0 spiro atoms. The number of rotatable bonds is 5. The fourth-order valence-corrected chi connectivity index (χ4v) is 2.51. The molecule has 0 aliphatic heterocycles. The molecule has 132 valence electrons. The Bertz CT molecular complexity index is 950. The van der Waals surface area contributed by atoms with Gasteiger partial charge in [-0.15, -0.1) is 0 Å². The first-order valence-electron chi connectivity index (χ1n) is 7.67. The first kappa shape index (κ1) is 17.7. The Balaban J connectivity index is 1.80. The van der Waals surface area contributed by atoms with Gasteiger partial charge in [-0.05, 0) is 42.5 Å². The van der Waals surface area contributed by atoms with Crippen molar-refractivity contribution >= 4 is 34.6 Å². The molecule has 0 aliphatic rings. The van der Waals surface area contributed by atoms with Gasteiger partial charge in [0, 0.05) is 16.9 Å². The normalized spacial score (nSPS) is 10.3. The van der Waals surface area contributed by atoms with Gasteiger partial charge in [-0.3, -0.25) is 9.78 Å². The number of halogens is 2. The van der Waals surface area contributed by atoms with Crippen molar-refractivity contribution in [2.75, 3.05) is 17.7 Å². The molecule has 0 atom stereocenters.